The van der Waals surface area contributed by atoms with Crippen LogP contribution in [0, 0.1) is 13.8 Å². The van der Waals surface area contributed by atoms with Crippen molar-refractivity contribution in [2.24, 2.45) is 0 Å². The molecule has 8 heteroatoms. The molecule has 0 aromatic carbocycles. The summed E-state index contributed by atoms with van der Waals surface area (Å²) in [7, 11) is 0. The molecule has 0 spiro atoms. The van der Waals surface area contributed by atoms with Crippen molar-refractivity contribution in [3.63, 3.8) is 0 Å². The van der Waals surface area contributed by atoms with E-state index in [-0.39, 0.29) is 24.3 Å². The average Bonchev–Trinajstić information content (AvgIpc) is 3.18. The lowest BCUT2D eigenvalue weighted by Crippen LogP contribution is -2.45. The van der Waals surface area contributed by atoms with Crippen molar-refractivity contribution < 1.29 is 18.5 Å². The number of hydrogen-bond donors (Lipinski definition) is 3. The third-order valence-electron chi connectivity index (χ3n) is 3.41. The first-order chi connectivity index (χ1) is 11.0. The highest BCUT2D eigenvalue weighted by Crippen LogP contribution is 2.23. The van der Waals surface area contributed by atoms with Gasteiger partial charge in [0.15, 0.2) is 5.76 Å². The first-order valence-corrected chi connectivity index (χ1v) is 7.31. The van der Waals surface area contributed by atoms with E-state index >= 15 is 0 Å². The van der Waals surface area contributed by atoms with Gasteiger partial charge in [0.25, 0.3) is 5.91 Å². The van der Waals surface area contributed by atoms with Crippen molar-refractivity contribution in [3.05, 3.63) is 41.2 Å². The Labute approximate surface area is 133 Å². The van der Waals surface area contributed by atoms with Crippen LogP contribution in [0.1, 0.15) is 47.0 Å². The molecular formula is C15H20N4O4. The lowest BCUT2D eigenvalue weighted by molar-refractivity contribution is -0.121. The van der Waals surface area contributed by atoms with E-state index in [4.69, 9.17) is 8.94 Å². The van der Waals surface area contributed by atoms with E-state index in [0.29, 0.717) is 0 Å². The summed E-state index contributed by atoms with van der Waals surface area (Å²) in [6.45, 7) is 5.74. The Morgan fingerprint density at radius 3 is 2.65 bits per heavy atom. The SMILES string of the molecule is CCC(NCC(=O)NNC(=O)c1ccco1)c1c(C)noc1C. The maximum atomic E-state index is 11.8. The predicted molar refractivity (Wildman–Crippen MR) is 81.3 cm³/mol. The number of aryl methyl sites for hydroxylation is 2. The number of nitrogens with one attached hydrogen (secondary N) is 3. The number of aromatic nitrogens is 1. The molecule has 2 rings (SSSR count). The van der Waals surface area contributed by atoms with Gasteiger partial charge in [-0.2, -0.15) is 0 Å². The average molecular weight is 320 g/mol. The number of furan rings is 1. The monoisotopic (exact) mass is 320 g/mol. The normalized spacial score (nSPS) is 12.0. The van der Waals surface area contributed by atoms with Crippen molar-refractivity contribution >= 4 is 11.8 Å². The van der Waals surface area contributed by atoms with E-state index < -0.39 is 5.91 Å². The summed E-state index contributed by atoms with van der Waals surface area (Å²) in [5, 5.41) is 7.04. The van der Waals surface area contributed by atoms with Crippen molar-refractivity contribution in [2.45, 2.75) is 33.2 Å². The molecule has 0 radical (unpaired) electrons. The molecule has 0 bridgehead atoms. The van der Waals surface area contributed by atoms with E-state index in [1.54, 1.807) is 6.07 Å². The molecule has 23 heavy (non-hydrogen) atoms. The van der Waals surface area contributed by atoms with Gasteiger partial charge in [0.1, 0.15) is 5.76 Å². The third kappa shape index (κ3) is 4.19. The van der Waals surface area contributed by atoms with Gasteiger partial charge in [-0.1, -0.05) is 12.1 Å². The van der Waals surface area contributed by atoms with Crippen LogP contribution < -0.4 is 16.2 Å². The molecule has 0 saturated carbocycles. The minimum Gasteiger partial charge on any atom is -0.459 e. The molecule has 3 N–H and O–H groups in total. The zero-order valence-electron chi connectivity index (χ0n) is 13.3. The lowest BCUT2D eigenvalue weighted by Gasteiger charge is -2.16. The second-order valence-corrected chi connectivity index (χ2v) is 5.06. The first-order valence-electron chi connectivity index (χ1n) is 7.31. The van der Waals surface area contributed by atoms with Gasteiger partial charge in [0.05, 0.1) is 18.5 Å². The molecule has 124 valence electrons. The summed E-state index contributed by atoms with van der Waals surface area (Å²) >= 11 is 0. The summed E-state index contributed by atoms with van der Waals surface area (Å²) in [6, 6.07) is 3.05. The molecule has 2 aromatic heterocycles. The number of carbonyl (C=O) groups excluding carboxylic acids is 2. The molecule has 0 fully saturated rings. The summed E-state index contributed by atoms with van der Waals surface area (Å²) in [6.07, 6.45) is 2.16. The van der Waals surface area contributed by atoms with Crippen LogP contribution in [0.3, 0.4) is 0 Å². The van der Waals surface area contributed by atoms with Crippen molar-refractivity contribution in [1.82, 2.24) is 21.3 Å². The van der Waals surface area contributed by atoms with E-state index in [9.17, 15) is 9.59 Å². The molecule has 8 nitrogen and oxygen atoms in total. The Kier molecular flexibility index (Phi) is 5.53. The van der Waals surface area contributed by atoms with E-state index in [2.05, 4.69) is 21.3 Å². The van der Waals surface area contributed by atoms with Gasteiger partial charge in [-0.15, -0.1) is 0 Å². The Hall–Kier alpha value is -2.61. The minimum absolute atomic E-state index is 0.0427. The van der Waals surface area contributed by atoms with Crippen molar-refractivity contribution in [3.8, 4) is 0 Å². The van der Waals surface area contributed by atoms with Gasteiger partial charge >= 0.3 is 5.91 Å². The van der Waals surface area contributed by atoms with E-state index in [1.165, 1.54) is 12.3 Å². The standard InChI is InChI=1S/C15H20N4O4/c1-4-11(14-9(2)19-23-10(14)3)16-8-13(20)17-18-15(21)12-6-5-7-22-12/h5-7,11,16H,4,8H2,1-3H3,(H,17,20)(H,18,21). The fourth-order valence-electron chi connectivity index (χ4n) is 2.29. The highest BCUT2D eigenvalue weighted by molar-refractivity contribution is 5.93. The third-order valence-corrected chi connectivity index (χ3v) is 3.41. The number of hydrazine groups is 1. The molecule has 1 atom stereocenters. The largest absolute Gasteiger partial charge is 0.459 e. The van der Waals surface area contributed by atoms with Gasteiger partial charge in [-0.05, 0) is 32.4 Å². The molecule has 1 unspecified atom stereocenters. The highest BCUT2D eigenvalue weighted by atomic mass is 16.5. The molecule has 0 aliphatic carbocycles. The Balaban J connectivity index is 1.82. The molecule has 0 aliphatic heterocycles. The quantitative estimate of drug-likeness (QED) is 0.694. The van der Waals surface area contributed by atoms with E-state index in [1.807, 2.05) is 20.8 Å². The van der Waals surface area contributed by atoms with Gasteiger partial charge in [0.2, 0.25) is 0 Å². The molecular weight excluding hydrogens is 300 g/mol. The number of carbonyl (C=O) groups is 2. The van der Waals surface area contributed by atoms with Crippen LogP contribution in [-0.4, -0.2) is 23.5 Å². The van der Waals surface area contributed by atoms with Gasteiger partial charge in [0, 0.05) is 11.6 Å². The zero-order chi connectivity index (χ0) is 16.8. The van der Waals surface area contributed by atoms with Gasteiger partial charge in [-0.25, -0.2) is 0 Å². The Morgan fingerprint density at radius 2 is 2.09 bits per heavy atom. The van der Waals surface area contributed by atoms with Crippen LogP contribution in [0.25, 0.3) is 0 Å². The number of hydrogen-bond acceptors (Lipinski definition) is 6. The molecule has 2 aromatic rings. The van der Waals surface area contributed by atoms with Gasteiger partial charge < -0.3 is 14.3 Å². The van der Waals surface area contributed by atoms with Crippen LogP contribution in [0.5, 0.6) is 0 Å². The van der Waals surface area contributed by atoms with Crippen LogP contribution in [0.4, 0.5) is 0 Å². The topological polar surface area (TPSA) is 109 Å². The highest BCUT2D eigenvalue weighted by Gasteiger charge is 2.19. The summed E-state index contributed by atoms with van der Waals surface area (Å²) in [4.78, 5) is 23.4. The minimum atomic E-state index is -0.513. The molecule has 0 aliphatic rings. The summed E-state index contributed by atoms with van der Waals surface area (Å²) in [5.74, 6) is -0.0231. The summed E-state index contributed by atoms with van der Waals surface area (Å²) in [5.41, 5.74) is 6.36. The zero-order valence-corrected chi connectivity index (χ0v) is 13.3. The van der Waals surface area contributed by atoms with Crippen molar-refractivity contribution in [2.75, 3.05) is 6.54 Å². The maximum Gasteiger partial charge on any atom is 0.305 e. The number of nitrogens with zero attached hydrogens (tertiary/aromatic N) is 1. The van der Waals surface area contributed by atoms with Crippen molar-refractivity contribution in [1.29, 1.82) is 0 Å². The van der Waals surface area contributed by atoms with Crippen LogP contribution >= 0.6 is 0 Å². The van der Waals surface area contributed by atoms with E-state index in [0.717, 1.165) is 23.4 Å². The Bertz CT molecular complexity index is 644. The van der Waals surface area contributed by atoms with Crippen LogP contribution in [0.15, 0.2) is 27.3 Å². The molecule has 2 amide bonds. The summed E-state index contributed by atoms with van der Waals surface area (Å²) < 4.78 is 10.1. The molecule has 0 saturated heterocycles. The number of amides is 2. The van der Waals surface area contributed by atoms with Gasteiger partial charge in [-0.3, -0.25) is 20.4 Å². The predicted octanol–water partition coefficient (Wildman–Crippen LogP) is 1.39. The first kappa shape index (κ1) is 16.8. The second-order valence-electron chi connectivity index (χ2n) is 5.06. The fourth-order valence-corrected chi connectivity index (χ4v) is 2.29. The smallest absolute Gasteiger partial charge is 0.305 e. The van der Waals surface area contributed by atoms with Crippen LogP contribution in [-0.2, 0) is 4.79 Å². The maximum absolute atomic E-state index is 11.8. The fraction of sp³-hybridized carbons (Fsp3) is 0.400. The molecule has 2 heterocycles. The second kappa shape index (κ2) is 7.59. The lowest BCUT2D eigenvalue weighted by atomic mass is 10.0. The Morgan fingerprint density at radius 1 is 1.30 bits per heavy atom. The van der Waals surface area contributed by atoms with Crippen LogP contribution in [0.2, 0.25) is 0 Å². The number of rotatable bonds is 6.